The van der Waals surface area contributed by atoms with Gasteiger partial charge in [0.2, 0.25) is 0 Å². The van der Waals surface area contributed by atoms with E-state index in [2.05, 4.69) is 20.6 Å². The number of hydrogen-bond donors (Lipinski definition) is 2. The monoisotopic (exact) mass is 419 g/mol. The van der Waals surface area contributed by atoms with Crippen molar-refractivity contribution in [1.29, 1.82) is 0 Å². The van der Waals surface area contributed by atoms with E-state index in [0.717, 1.165) is 28.2 Å². The smallest absolute Gasteiger partial charge is 0.273 e. The molecule has 1 amide bonds. The molecule has 4 rings (SSSR count). The number of benzene rings is 2. The van der Waals surface area contributed by atoms with Gasteiger partial charge in [0.1, 0.15) is 5.69 Å². The number of aromatic nitrogens is 4. The zero-order chi connectivity index (χ0) is 21.3. The highest BCUT2D eigenvalue weighted by Crippen LogP contribution is 2.23. The first-order valence-corrected chi connectivity index (χ1v) is 10.0. The van der Waals surface area contributed by atoms with E-state index in [1.807, 2.05) is 74.0 Å². The number of H-pyrrole nitrogens is 1. The van der Waals surface area contributed by atoms with E-state index in [1.54, 1.807) is 6.07 Å². The number of aromatic amines is 1. The number of carbonyl (C=O) groups is 1. The van der Waals surface area contributed by atoms with Gasteiger partial charge in [-0.25, -0.2) is 0 Å². The van der Waals surface area contributed by atoms with Crippen molar-refractivity contribution in [1.82, 2.24) is 20.0 Å². The van der Waals surface area contributed by atoms with Gasteiger partial charge in [-0.1, -0.05) is 53.6 Å². The summed E-state index contributed by atoms with van der Waals surface area (Å²) >= 11 is 5.96. The molecule has 0 fully saturated rings. The summed E-state index contributed by atoms with van der Waals surface area (Å²) in [5, 5.41) is 15.3. The second-order valence-electron chi connectivity index (χ2n) is 7.32. The number of hydrogen-bond acceptors (Lipinski definition) is 3. The summed E-state index contributed by atoms with van der Waals surface area (Å²) in [7, 11) is 0. The molecule has 4 aromatic rings. The molecular formula is C23H22ClN5O. The van der Waals surface area contributed by atoms with E-state index in [4.69, 9.17) is 11.6 Å². The Kier molecular flexibility index (Phi) is 5.42. The fraction of sp³-hybridized carbons (Fsp3) is 0.174. The molecule has 0 saturated heterocycles. The number of halogens is 1. The Hall–Kier alpha value is -3.38. The summed E-state index contributed by atoms with van der Waals surface area (Å²) in [6.45, 7) is 6.45. The first kappa shape index (κ1) is 19.9. The molecule has 0 bridgehead atoms. The molecule has 2 aromatic carbocycles. The topological polar surface area (TPSA) is 75.6 Å². The first-order valence-electron chi connectivity index (χ1n) is 9.63. The molecule has 0 unspecified atom stereocenters. The Bertz CT molecular complexity index is 1190. The standard InChI is InChI=1S/C23H22ClN5O/c1-14-4-8-18(9-5-14)20-12-21(27-26-20)23(30)25-22-15(2)28-29(16(22)3)13-17-6-10-19(24)11-7-17/h4-12H,13H2,1-3H3,(H,25,30)(H,26,27). The Morgan fingerprint density at radius 2 is 1.77 bits per heavy atom. The van der Waals surface area contributed by atoms with Gasteiger partial charge >= 0.3 is 0 Å². The lowest BCUT2D eigenvalue weighted by Crippen LogP contribution is -2.14. The highest BCUT2D eigenvalue weighted by Gasteiger charge is 2.17. The minimum Gasteiger partial charge on any atom is -0.318 e. The van der Waals surface area contributed by atoms with Gasteiger partial charge in [0.25, 0.3) is 5.91 Å². The Morgan fingerprint density at radius 3 is 2.47 bits per heavy atom. The van der Waals surface area contributed by atoms with Crippen molar-refractivity contribution in [2.24, 2.45) is 0 Å². The lowest BCUT2D eigenvalue weighted by molar-refractivity contribution is 0.102. The normalized spacial score (nSPS) is 10.9. The maximum absolute atomic E-state index is 12.8. The van der Waals surface area contributed by atoms with Crippen LogP contribution in [-0.2, 0) is 6.54 Å². The number of nitrogens with one attached hydrogen (secondary N) is 2. The third-order valence-electron chi connectivity index (χ3n) is 5.04. The molecule has 7 heteroatoms. The van der Waals surface area contributed by atoms with E-state index >= 15 is 0 Å². The molecule has 0 spiro atoms. The Morgan fingerprint density at radius 1 is 1.07 bits per heavy atom. The van der Waals surface area contributed by atoms with Crippen LogP contribution in [0.5, 0.6) is 0 Å². The van der Waals surface area contributed by atoms with Crippen molar-refractivity contribution in [3.8, 4) is 11.3 Å². The Labute approximate surface area is 179 Å². The minimum absolute atomic E-state index is 0.252. The molecule has 2 N–H and O–H groups in total. The molecule has 0 radical (unpaired) electrons. The molecule has 152 valence electrons. The molecule has 2 heterocycles. The van der Waals surface area contributed by atoms with Crippen molar-refractivity contribution < 1.29 is 4.79 Å². The second-order valence-corrected chi connectivity index (χ2v) is 7.75. The summed E-state index contributed by atoms with van der Waals surface area (Å²) in [4.78, 5) is 12.8. The number of carbonyl (C=O) groups excluding carboxylic acids is 1. The van der Waals surface area contributed by atoms with Crippen molar-refractivity contribution >= 4 is 23.2 Å². The largest absolute Gasteiger partial charge is 0.318 e. The maximum Gasteiger partial charge on any atom is 0.273 e. The number of nitrogens with zero attached hydrogens (tertiary/aromatic N) is 3. The van der Waals surface area contributed by atoms with Gasteiger partial charge < -0.3 is 5.32 Å². The van der Waals surface area contributed by atoms with Crippen LogP contribution < -0.4 is 5.32 Å². The van der Waals surface area contributed by atoms with Gasteiger partial charge in [-0.3, -0.25) is 14.6 Å². The van der Waals surface area contributed by atoms with Gasteiger partial charge in [0.05, 0.1) is 29.3 Å². The van der Waals surface area contributed by atoms with Crippen LogP contribution in [0.4, 0.5) is 5.69 Å². The maximum atomic E-state index is 12.8. The fourth-order valence-corrected chi connectivity index (χ4v) is 3.41. The van der Waals surface area contributed by atoms with Crippen LogP contribution in [0.15, 0.2) is 54.6 Å². The summed E-state index contributed by atoms with van der Waals surface area (Å²) in [6, 6.07) is 17.4. The summed E-state index contributed by atoms with van der Waals surface area (Å²) in [5.74, 6) is -0.252. The number of anilines is 1. The number of rotatable bonds is 5. The van der Waals surface area contributed by atoms with Gasteiger partial charge in [0, 0.05) is 10.6 Å². The summed E-state index contributed by atoms with van der Waals surface area (Å²) < 4.78 is 1.87. The molecule has 0 aliphatic heterocycles. The third kappa shape index (κ3) is 4.14. The van der Waals surface area contributed by atoms with Crippen molar-refractivity contribution in [2.45, 2.75) is 27.3 Å². The molecule has 2 aromatic heterocycles. The second kappa shape index (κ2) is 8.16. The molecule has 0 aliphatic carbocycles. The van der Waals surface area contributed by atoms with E-state index in [1.165, 1.54) is 5.56 Å². The molecule has 0 atom stereocenters. The van der Waals surface area contributed by atoms with E-state index in [9.17, 15) is 4.79 Å². The lowest BCUT2D eigenvalue weighted by atomic mass is 10.1. The minimum atomic E-state index is -0.252. The first-order chi connectivity index (χ1) is 14.4. The van der Waals surface area contributed by atoms with Crippen molar-refractivity contribution in [3.05, 3.63) is 87.8 Å². The van der Waals surface area contributed by atoms with E-state index < -0.39 is 0 Å². The number of aryl methyl sites for hydroxylation is 2. The SMILES string of the molecule is Cc1ccc(-c2cc(C(=O)Nc3c(C)nn(Cc4ccc(Cl)cc4)c3C)[nH]n2)cc1. The highest BCUT2D eigenvalue weighted by atomic mass is 35.5. The average molecular weight is 420 g/mol. The zero-order valence-corrected chi connectivity index (χ0v) is 17.8. The fourth-order valence-electron chi connectivity index (χ4n) is 3.29. The summed E-state index contributed by atoms with van der Waals surface area (Å²) in [6.07, 6.45) is 0. The van der Waals surface area contributed by atoms with E-state index in [0.29, 0.717) is 22.9 Å². The van der Waals surface area contributed by atoms with Gasteiger partial charge in [-0.05, 0) is 44.5 Å². The van der Waals surface area contributed by atoms with Crippen LogP contribution in [0, 0.1) is 20.8 Å². The van der Waals surface area contributed by atoms with E-state index in [-0.39, 0.29) is 5.91 Å². The van der Waals surface area contributed by atoms with Gasteiger partial charge in [-0.15, -0.1) is 0 Å². The predicted octanol–water partition coefficient (Wildman–Crippen LogP) is 5.15. The average Bonchev–Trinajstić information content (AvgIpc) is 3.32. The van der Waals surface area contributed by atoms with Crippen molar-refractivity contribution in [3.63, 3.8) is 0 Å². The molecule has 0 saturated carbocycles. The molecule has 0 aliphatic rings. The van der Waals surface area contributed by atoms with Crippen LogP contribution in [0.2, 0.25) is 5.02 Å². The summed E-state index contributed by atoms with van der Waals surface area (Å²) in [5.41, 5.74) is 6.69. The molecule has 6 nitrogen and oxygen atoms in total. The van der Waals surface area contributed by atoms with Crippen LogP contribution in [-0.4, -0.2) is 25.9 Å². The molecule has 30 heavy (non-hydrogen) atoms. The van der Waals surface area contributed by atoms with Crippen LogP contribution in [0.25, 0.3) is 11.3 Å². The van der Waals surface area contributed by atoms with Gasteiger partial charge in [0.15, 0.2) is 0 Å². The third-order valence-corrected chi connectivity index (χ3v) is 5.29. The van der Waals surface area contributed by atoms with Crippen LogP contribution >= 0.6 is 11.6 Å². The molecular weight excluding hydrogens is 398 g/mol. The van der Waals surface area contributed by atoms with Crippen molar-refractivity contribution in [2.75, 3.05) is 5.32 Å². The Balaban J connectivity index is 1.51. The number of amides is 1. The quantitative estimate of drug-likeness (QED) is 0.469. The van der Waals surface area contributed by atoms with Crippen LogP contribution in [0.1, 0.15) is 33.0 Å². The van der Waals surface area contributed by atoms with Gasteiger partial charge in [-0.2, -0.15) is 10.2 Å². The van der Waals surface area contributed by atoms with Crippen LogP contribution in [0.3, 0.4) is 0 Å². The predicted molar refractivity (Wildman–Crippen MR) is 119 cm³/mol. The highest BCUT2D eigenvalue weighted by molar-refractivity contribution is 6.30. The zero-order valence-electron chi connectivity index (χ0n) is 17.0. The lowest BCUT2D eigenvalue weighted by Gasteiger charge is -2.07.